The number of methoxy groups -OCH3 is 1. The fraction of sp³-hybridized carbons (Fsp3) is 0.304. The molecule has 1 fully saturated rings. The van der Waals surface area contributed by atoms with Crippen LogP contribution in [-0.2, 0) is 13.5 Å². The minimum absolute atomic E-state index is 0.000714. The van der Waals surface area contributed by atoms with Crippen LogP contribution in [0, 0.1) is 11.6 Å². The number of amides is 1. The lowest BCUT2D eigenvalue weighted by atomic mass is 9.94. The van der Waals surface area contributed by atoms with E-state index in [1.165, 1.54) is 6.07 Å². The second-order valence-corrected chi connectivity index (χ2v) is 7.83. The molecule has 7 heteroatoms. The predicted molar refractivity (Wildman–Crippen MR) is 107 cm³/mol. The van der Waals surface area contributed by atoms with Crippen LogP contribution in [0.2, 0.25) is 0 Å². The normalized spacial score (nSPS) is 19.7. The molecule has 2 bridgehead atoms. The molecule has 2 aliphatic heterocycles. The third kappa shape index (κ3) is 2.72. The maximum absolute atomic E-state index is 14.5. The zero-order chi connectivity index (χ0) is 21.0. The summed E-state index contributed by atoms with van der Waals surface area (Å²) in [7, 11) is 3.31. The van der Waals surface area contributed by atoms with Crippen molar-refractivity contribution in [3.8, 4) is 17.0 Å². The summed E-state index contributed by atoms with van der Waals surface area (Å²) in [6, 6.07) is 11.1. The first-order chi connectivity index (χ1) is 14.5. The Hall–Kier alpha value is -3.22. The summed E-state index contributed by atoms with van der Waals surface area (Å²) in [5.74, 6) is -1.18. The van der Waals surface area contributed by atoms with E-state index in [1.807, 2.05) is 4.90 Å². The maximum Gasteiger partial charge on any atom is 0.254 e. The number of halogens is 2. The summed E-state index contributed by atoms with van der Waals surface area (Å²) >= 11 is 0. The molecule has 0 unspecified atom stereocenters. The molecule has 2 aromatic carbocycles. The molecule has 0 spiro atoms. The number of hydrogen-bond acceptors (Lipinski definition) is 3. The SMILES string of the molecule is COc1cccc(C(=O)N2[C@@H]3CC[C@H]2c2nn(C)c(-c4cccc(F)c4F)c2C3)c1. The fourth-order valence-corrected chi connectivity index (χ4v) is 4.88. The molecule has 5 nitrogen and oxygen atoms in total. The molecule has 1 amide bonds. The standard InChI is InChI=1S/C23H21F2N3O2/c1-27-22(16-7-4-8-18(24)20(16)25)17-12-14-9-10-19(21(17)26-27)28(14)23(29)13-5-3-6-15(11-13)30-2/h3-8,11,14,19H,9-10,12H2,1-2H3/t14-,19+/m1/s1. The number of aromatic nitrogens is 2. The van der Waals surface area contributed by atoms with Gasteiger partial charge in [0.05, 0.1) is 24.5 Å². The van der Waals surface area contributed by atoms with E-state index in [0.717, 1.165) is 30.2 Å². The lowest BCUT2D eigenvalue weighted by molar-refractivity contribution is 0.0642. The summed E-state index contributed by atoms with van der Waals surface area (Å²) in [6.45, 7) is 0. The second kappa shape index (κ2) is 6.93. The lowest BCUT2D eigenvalue weighted by Crippen LogP contribution is -2.41. The topological polar surface area (TPSA) is 47.4 Å². The molecule has 0 saturated carbocycles. The van der Waals surface area contributed by atoms with Crippen LogP contribution in [0.5, 0.6) is 5.75 Å². The predicted octanol–water partition coefficient (Wildman–Crippen LogP) is 4.28. The molecule has 5 rings (SSSR count). The molecule has 1 saturated heterocycles. The Morgan fingerprint density at radius 1 is 1.17 bits per heavy atom. The van der Waals surface area contributed by atoms with E-state index in [4.69, 9.17) is 4.74 Å². The summed E-state index contributed by atoms with van der Waals surface area (Å²) in [6.07, 6.45) is 2.22. The molecule has 3 aromatic rings. The zero-order valence-corrected chi connectivity index (χ0v) is 16.7. The molecular formula is C23H21F2N3O2. The van der Waals surface area contributed by atoms with Gasteiger partial charge in [0.15, 0.2) is 11.6 Å². The second-order valence-electron chi connectivity index (χ2n) is 7.83. The summed E-state index contributed by atoms with van der Waals surface area (Å²) in [5.41, 5.74) is 3.05. The van der Waals surface area contributed by atoms with Crippen LogP contribution in [0.25, 0.3) is 11.3 Å². The van der Waals surface area contributed by atoms with E-state index in [0.29, 0.717) is 23.4 Å². The Labute approximate surface area is 172 Å². The van der Waals surface area contributed by atoms with Crippen molar-refractivity contribution < 1.29 is 18.3 Å². The number of fused-ring (bicyclic) bond motifs is 4. The number of aryl methyl sites for hydroxylation is 1. The van der Waals surface area contributed by atoms with E-state index in [2.05, 4.69) is 5.10 Å². The maximum atomic E-state index is 14.5. The highest BCUT2D eigenvalue weighted by Gasteiger charge is 2.46. The van der Waals surface area contributed by atoms with Crippen molar-refractivity contribution >= 4 is 5.91 Å². The van der Waals surface area contributed by atoms with Gasteiger partial charge in [-0.2, -0.15) is 5.10 Å². The summed E-state index contributed by atoms with van der Waals surface area (Å²) < 4.78 is 35.2. The van der Waals surface area contributed by atoms with Crippen molar-refractivity contribution in [2.75, 3.05) is 7.11 Å². The van der Waals surface area contributed by atoms with Crippen molar-refractivity contribution in [1.29, 1.82) is 0 Å². The van der Waals surface area contributed by atoms with E-state index >= 15 is 0 Å². The van der Waals surface area contributed by atoms with Gasteiger partial charge in [-0.15, -0.1) is 0 Å². The molecule has 2 aliphatic rings. The number of rotatable bonds is 3. The van der Waals surface area contributed by atoms with Crippen LogP contribution in [0.3, 0.4) is 0 Å². The minimum Gasteiger partial charge on any atom is -0.497 e. The monoisotopic (exact) mass is 409 g/mol. The van der Waals surface area contributed by atoms with Crippen LogP contribution in [0.15, 0.2) is 42.5 Å². The third-order valence-electron chi connectivity index (χ3n) is 6.19. The van der Waals surface area contributed by atoms with Gasteiger partial charge in [-0.05, 0) is 49.6 Å². The molecule has 154 valence electrons. The van der Waals surface area contributed by atoms with Crippen molar-refractivity contribution in [3.05, 3.63) is 70.9 Å². The summed E-state index contributed by atoms with van der Waals surface area (Å²) in [4.78, 5) is 15.2. The largest absolute Gasteiger partial charge is 0.497 e. The highest BCUT2D eigenvalue weighted by molar-refractivity contribution is 5.95. The molecule has 30 heavy (non-hydrogen) atoms. The average Bonchev–Trinajstić information content (AvgIpc) is 3.26. The number of carbonyl (C=O) groups excluding carboxylic acids is 1. The van der Waals surface area contributed by atoms with Crippen LogP contribution in [0.1, 0.15) is 40.5 Å². The molecule has 0 N–H and O–H groups in total. The number of carbonyl (C=O) groups is 1. The van der Waals surface area contributed by atoms with Crippen LogP contribution < -0.4 is 4.74 Å². The van der Waals surface area contributed by atoms with Gasteiger partial charge in [0.25, 0.3) is 5.91 Å². The first-order valence-corrected chi connectivity index (χ1v) is 9.96. The van der Waals surface area contributed by atoms with Gasteiger partial charge in [0.1, 0.15) is 5.75 Å². The summed E-state index contributed by atoms with van der Waals surface area (Å²) in [5, 5.41) is 4.65. The Morgan fingerprint density at radius 2 is 1.97 bits per heavy atom. The van der Waals surface area contributed by atoms with Gasteiger partial charge in [0.2, 0.25) is 0 Å². The van der Waals surface area contributed by atoms with Crippen LogP contribution >= 0.6 is 0 Å². The van der Waals surface area contributed by atoms with Gasteiger partial charge in [-0.1, -0.05) is 12.1 Å². The number of hydrogen-bond donors (Lipinski definition) is 0. The number of nitrogens with zero attached hydrogens (tertiary/aromatic N) is 3. The first kappa shape index (κ1) is 18.8. The average molecular weight is 409 g/mol. The molecule has 2 atom stereocenters. The zero-order valence-electron chi connectivity index (χ0n) is 16.7. The van der Waals surface area contributed by atoms with Crippen LogP contribution in [-0.4, -0.2) is 33.7 Å². The highest BCUT2D eigenvalue weighted by Crippen LogP contribution is 2.47. The van der Waals surface area contributed by atoms with Gasteiger partial charge >= 0.3 is 0 Å². The molecule has 3 heterocycles. The Balaban J connectivity index is 1.56. The van der Waals surface area contributed by atoms with Gasteiger partial charge in [-0.25, -0.2) is 8.78 Å². The highest BCUT2D eigenvalue weighted by atomic mass is 19.2. The Bertz CT molecular complexity index is 1160. The van der Waals surface area contributed by atoms with Crippen molar-refractivity contribution in [3.63, 3.8) is 0 Å². The smallest absolute Gasteiger partial charge is 0.254 e. The van der Waals surface area contributed by atoms with Gasteiger partial charge < -0.3 is 9.64 Å². The van der Waals surface area contributed by atoms with E-state index in [1.54, 1.807) is 49.2 Å². The van der Waals surface area contributed by atoms with E-state index in [-0.39, 0.29) is 23.6 Å². The van der Waals surface area contributed by atoms with Crippen molar-refractivity contribution in [2.45, 2.75) is 31.3 Å². The fourth-order valence-electron chi connectivity index (χ4n) is 4.88. The number of benzene rings is 2. The Morgan fingerprint density at radius 3 is 2.77 bits per heavy atom. The van der Waals surface area contributed by atoms with Crippen molar-refractivity contribution in [2.24, 2.45) is 7.05 Å². The Kier molecular flexibility index (Phi) is 4.34. The lowest BCUT2D eigenvalue weighted by Gasteiger charge is -2.34. The third-order valence-corrected chi connectivity index (χ3v) is 6.19. The first-order valence-electron chi connectivity index (χ1n) is 9.96. The molecule has 0 aliphatic carbocycles. The van der Waals surface area contributed by atoms with Crippen molar-refractivity contribution in [1.82, 2.24) is 14.7 Å². The molecule has 1 aromatic heterocycles. The minimum atomic E-state index is -0.879. The van der Waals surface area contributed by atoms with Crippen LogP contribution in [0.4, 0.5) is 8.78 Å². The van der Waals surface area contributed by atoms with Gasteiger partial charge in [-0.3, -0.25) is 9.48 Å². The van der Waals surface area contributed by atoms with E-state index < -0.39 is 11.6 Å². The molecular weight excluding hydrogens is 388 g/mol. The van der Waals surface area contributed by atoms with E-state index in [9.17, 15) is 13.6 Å². The molecule has 0 radical (unpaired) electrons. The number of ether oxygens (including phenoxy) is 1. The van der Waals surface area contributed by atoms with Gasteiger partial charge in [0, 0.05) is 29.8 Å². The quantitative estimate of drug-likeness (QED) is 0.649.